The number of amides is 2. The molecule has 0 spiro atoms. The molecule has 2 aliphatic heterocycles. The van der Waals surface area contributed by atoms with Crippen LogP contribution in [0.1, 0.15) is 53.7 Å². The Bertz CT molecular complexity index is 1170. The number of morpholine rings is 1. The number of hydrogen-bond donors (Lipinski definition) is 4. The zero-order valence-electron chi connectivity index (χ0n) is 22.6. The average molecular weight is 545 g/mol. The summed E-state index contributed by atoms with van der Waals surface area (Å²) >= 11 is 0. The van der Waals surface area contributed by atoms with Crippen LogP contribution in [0.5, 0.6) is 0 Å². The number of rotatable bonds is 10. The van der Waals surface area contributed by atoms with Gasteiger partial charge >= 0.3 is 0 Å². The number of aldehydes is 1. The van der Waals surface area contributed by atoms with Gasteiger partial charge in [0.05, 0.1) is 24.3 Å². The van der Waals surface area contributed by atoms with Crippen LogP contribution in [0, 0.1) is 5.82 Å². The highest BCUT2D eigenvalue weighted by Crippen LogP contribution is 2.42. The molecule has 1 saturated heterocycles. The minimum Gasteiger partial charge on any atom is -0.380 e. The number of nitrogens with one attached hydrogen (secondary N) is 2. The SMILES string of the molecule is CC.CNC(=O)C(CCC=O)N1C(=O)c2cccc(NCc3ccc(CN4CCOCC4)cc3F)c2C1(O)O. The maximum Gasteiger partial charge on any atom is 0.281 e. The summed E-state index contributed by atoms with van der Waals surface area (Å²) in [5.74, 6) is -4.63. The van der Waals surface area contributed by atoms with Crippen LogP contribution in [0.25, 0.3) is 0 Å². The molecule has 0 aromatic heterocycles. The van der Waals surface area contributed by atoms with Crippen LogP contribution in [-0.2, 0) is 33.3 Å². The van der Waals surface area contributed by atoms with Gasteiger partial charge in [-0.15, -0.1) is 0 Å². The molecule has 1 unspecified atom stereocenters. The van der Waals surface area contributed by atoms with Crippen molar-refractivity contribution in [2.24, 2.45) is 0 Å². The van der Waals surface area contributed by atoms with Gasteiger partial charge in [-0.25, -0.2) is 4.39 Å². The summed E-state index contributed by atoms with van der Waals surface area (Å²) in [6.45, 7) is 7.54. The third-order valence-corrected chi connectivity index (χ3v) is 6.70. The second-order valence-corrected chi connectivity index (χ2v) is 9.08. The molecule has 0 aliphatic carbocycles. The first-order valence-corrected chi connectivity index (χ1v) is 13.2. The maximum absolute atomic E-state index is 14.9. The number of hydrogen-bond acceptors (Lipinski definition) is 8. The Labute approximate surface area is 227 Å². The van der Waals surface area contributed by atoms with Crippen molar-refractivity contribution in [1.82, 2.24) is 15.1 Å². The summed E-state index contributed by atoms with van der Waals surface area (Å²) < 4.78 is 20.2. The lowest BCUT2D eigenvalue weighted by atomic mass is 10.0. The predicted octanol–water partition coefficient (Wildman–Crippen LogP) is 1.94. The maximum atomic E-state index is 14.9. The van der Waals surface area contributed by atoms with Gasteiger partial charge < -0.3 is 30.4 Å². The van der Waals surface area contributed by atoms with E-state index in [0.717, 1.165) is 18.7 Å². The number of carbonyl (C=O) groups is 3. The van der Waals surface area contributed by atoms with Gasteiger partial charge in [0, 0.05) is 50.9 Å². The van der Waals surface area contributed by atoms with Crippen LogP contribution in [0.3, 0.4) is 0 Å². The van der Waals surface area contributed by atoms with Crippen molar-refractivity contribution in [1.29, 1.82) is 0 Å². The molecule has 4 rings (SSSR count). The number of aliphatic hydroxyl groups is 2. The monoisotopic (exact) mass is 544 g/mol. The minimum atomic E-state index is -2.82. The second-order valence-electron chi connectivity index (χ2n) is 9.08. The molecule has 0 radical (unpaired) electrons. The number of carbonyl (C=O) groups excluding carboxylic acids is 3. The zero-order valence-corrected chi connectivity index (χ0v) is 22.6. The van der Waals surface area contributed by atoms with E-state index in [0.29, 0.717) is 36.5 Å². The number of fused-ring (bicyclic) bond motifs is 1. The lowest BCUT2D eigenvalue weighted by Crippen LogP contribution is -2.55. The van der Waals surface area contributed by atoms with Crippen LogP contribution < -0.4 is 10.6 Å². The fourth-order valence-electron chi connectivity index (χ4n) is 4.80. The third-order valence-electron chi connectivity index (χ3n) is 6.70. The van der Waals surface area contributed by atoms with Crippen molar-refractivity contribution in [2.45, 2.75) is 51.7 Å². The van der Waals surface area contributed by atoms with E-state index in [9.17, 15) is 29.0 Å². The Hall–Kier alpha value is -3.38. The second kappa shape index (κ2) is 13.6. The van der Waals surface area contributed by atoms with E-state index in [1.54, 1.807) is 18.2 Å². The molecule has 2 aromatic rings. The van der Waals surface area contributed by atoms with Crippen molar-refractivity contribution < 1.29 is 33.7 Å². The molecule has 10 nitrogen and oxygen atoms in total. The first kappa shape index (κ1) is 30.2. The molecule has 2 aliphatic rings. The van der Waals surface area contributed by atoms with Gasteiger partial charge in [-0.05, 0) is 30.2 Å². The van der Waals surface area contributed by atoms with Gasteiger partial charge in [-0.2, -0.15) is 0 Å². The normalized spacial score (nSPS) is 17.1. The van der Waals surface area contributed by atoms with E-state index in [1.165, 1.54) is 19.2 Å². The lowest BCUT2D eigenvalue weighted by molar-refractivity contribution is -0.258. The predicted molar refractivity (Wildman–Crippen MR) is 143 cm³/mol. The number of likely N-dealkylation sites (N-methyl/N-ethyl adjacent to an activating group) is 1. The van der Waals surface area contributed by atoms with E-state index in [4.69, 9.17) is 4.74 Å². The molecule has 4 N–H and O–H groups in total. The molecular formula is C28H37FN4O6. The molecule has 0 saturated carbocycles. The van der Waals surface area contributed by atoms with Gasteiger partial charge in [-0.1, -0.05) is 32.0 Å². The summed E-state index contributed by atoms with van der Waals surface area (Å²) in [6.07, 6.45) is 0.449. The van der Waals surface area contributed by atoms with Crippen LogP contribution in [0.15, 0.2) is 36.4 Å². The van der Waals surface area contributed by atoms with E-state index in [1.807, 2.05) is 19.9 Å². The van der Waals surface area contributed by atoms with Crippen LogP contribution >= 0.6 is 0 Å². The standard InChI is InChI=1S/C26H31FN4O6.C2H6/c1-28-24(33)22(6-3-11-32)31-25(34)19-4-2-5-21(23(19)26(31,35)36)29-15-18-8-7-17(14-20(18)27)16-30-9-12-37-13-10-30;1-2/h2,4-5,7-8,11,14,22,29,35-36H,3,6,9-10,12-13,15-16H2,1H3,(H,28,33);1-2H3. The van der Waals surface area contributed by atoms with Crippen molar-refractivity contribution in [3.8, 4) is 0 Å². The number of halogens is 1. The van der Waals surface area contributed by atoms with Crippen LogP contribution in [0.4, 0.5) is 10.1 Å². The fraction of sp³-hybridized carbons (Fsp3) is 0.464. The van der Waals surface area contributed by atoms with Gasteiger partial charge in [-0.3, -0.25) is 19.4 Å². The first-order chi connectivity index (χ1) is 18.8. The molecule has 39 heavy (non-hydrogen) atoms. The molecule has 11 heteroatoms. The van der Waals surface area contributed by atoms with E-state index < -0.39 is 29.6 Å². The molecule has 0 bridgehead atoms. The topological polar surface area (TPSA) is 131 Å². The third kappa shape index (κ3) is 6.62. The largest absolute Gasteiger partial charge is 0.380 e. The fourth-order valence-corrected chi connectivity index (χ4v) is 4.80. The molecule has 2 heterocycles. The number of anilines is 1. The highest BCUT2D eigenvalue weighted by Gasteiger charge is 2.53. The summed E-state index contributed by atoms with van der Waals surface area (Å²) in [6, 6.07) is 8.24. The first-order valence-electron chi connectivity index (χ1n) is 13.2. The Morgan fingerprint density at radius 3 is 2.56 bits per heavy atom. The highest BCUT2D eigenvalue weighted by molar-refractivity contribution is 6.03. The minimum absolute atomic E-state index is 0.00339. The quantitative estimate of drug-likeness (QED) is 0.264. The van der Waals surface area contributed by atoms with Crippen molar-refractivity contribution in [3.05, 3.63) is 64.5 Å². The highest BCUT2D eigenvalue weighted by atomic mass is 19.1. The molecule has 212 valence electrons. The Morgan fingerprint density at radius 1 is 1.21 bits per heavy atom. The summed E-state index contributed by atoms with van der Waals surface area (Å²) in [5, 5.41) is 27.6. The van der Waals surface area contributed by atoms with E-state index in [-0.39, 0.29) is 36.2 Å². The smallest absolute Gasteiger partial charge is 0.281 e. The molecule has 2 aromatic carbocycles. The van der Waals surface area contributed by atoms with Crippen LogP contribution in [-0.4, -0.2) is 77.5 Å². The summed E-state index contributed by atoms with van der Waals surface area (Å²) in [4.78, 5) is 39.4. The average Bonchev–Trinajstić information content (AvgIpc) is 3.15. The molecule has 1 fully saturated rings. The van der Waals surface area contributed by atoms with Crippen molar-refractivity contribution >= 4 is 23.8 Å². The van der Waals surface area contributed by atoms with Crippen LogP contribution in [0.2, 0.25) is 0 Å². The lowest BCUT2D eigenvalue weighted by Gasteiger charge is -2.35. The van der Waals surface area contributed by atoms with Gasteiger partial charge in [0.2, 0.25) is 5.91 Å². The molecule has 2 amide bonds. The summed E-state index contributed by atoms with van der Waals surface area (Å²) in [7, 11) is 1.36. The Morgan fingerprint density at radius 2 is 1.92 bits per heavy atom. The number of ether oxygens (including phenoxy) is 1. The van der Waals surface area contributed by atoms with E-state index in [2.05, 4.69) is 15.5 Å². The van der Waals surface area contributed by atoms with E-state index >= 15 is 0 Å². The zero-order chi connectivity index (χ0) is 28.6. The number of benzene rings is 2. The van der Waals surface area contributed by atoms with Gasteiger partial charge in [0.1, 0.15) is 18.1 Å². The molecule has 1 atom stereocenters. The van der Waals surface area contributed by atoms with Gasteiger partial charge in [0.15, 0.2) is 0 Å². The number of nitrogens with zero attached hydrogens (tertiary/aromatic N) is 2. The Kier molecular flexibility index (Phi) is 10.5. The van der Waals surface area contributed by atoms with Gasteiger partial charge in [0.25, 0.3) is 11.8 Å². The van der Waals surface area contributed by atoms with Crippen molar-refractivity contribution in [2.75, 3.05) is 38.7 Å². The summed E-state index contributed by atoms with van der Waals surface area (Å²) in [5.41, 5.74) is 1.27. The van der Waals surface area contributed by atoms with Crippen molar-refractivity contribution in [3.63, 3.8) is 0 Å². The molecular weight excluding hydrogens is 507 g/mol. The Balaban J connectivity index is 0.00000205.